The van der Waals surface area contributed by atoms with Crippen molar-refractivity contribution < 1.29 is 13.6 Å². The Morgan fingerprint density at radius 3 is 2.59 bits per heavy atom. The van der Waals surface area contributed by atoms with E-state index in [1.54, 1.807) is 11.8 Å². The van der Waals surface area contributed by atoms with Crippen LogP contribution < -0.4 is 4.74 Å². The van der Waals surface area contributed by atoms with E-state index in [1.165, 1.54) is 11.8 Å². The molecule has 9 nitrogen and oxygen atoms in total. The number of hydrogen-bond donors (Lipinski definition) is 0. The number of rotatable bonds is 6. The first-order chi connectivity index (χ1) is 13.1. The first-order valence-corrected chi connectivity index (χ1v) is 9.08. The summed E-state index contributed by atoms with van der Waals surface area (Å²) in [5.41, 5.74) is 1.64. The van der Waals surface area contributed by atoms with Gasteiger partial charge in [0.2, 0.25) is 11.0 Å². The van der Waals surface area contributed by atoms with Crippen molar-refractivity contribution >= 4 is 11.8 Å². The topological polar surface area (TPSA) is 105 Å². The van der Waals surface area contributed by atoms with Crippen LogP contribution >= 0.6 is 11.8 Å². The van der Waals surface area contributed by atoms with Crippen molar-refractivity contribution in [3.63, 3.8) is 0 Å². The minimum Gasteiger partial charge on any atom is -0.497 e. The number of hydrogen-bond acceptors (Lipinski definition) is 9. The van der Waals surface area contributed by atoms with Gasteiger partial charge in [-0.3, -0.25) is 0 Å². The molecule has 0 amide bonds. The average molecular weight is 384 g/mol. The lowest BCUT2D eigenvalue weighted by Crippen LogP contribution is -1.99. The van der Waals surface area contributed by atoms with Crippen LogP contribution in [0.4, 0.5) is 0 Å². The number of ether oxygens (including phenoxy) is 1. The molecule has 0 aliphatic rings. The molecule has 4 rings (SSSR count). The van der Waals surface area contributed by atoms with Gasteiger partial charge in [-0.25, -0.2) is 0 Å². The summed E-state index contributed by atoms with van der Waals surface area (Å²) >= 11 is 1.41. The Balaban J connectivity index is 1.48. The highest BCUT2D eigenvalue weighted by molar-refractivity contribution is 7.98. The number of furan rings is 1. The van der Waals surface area contributed by atoms with E-state index in [0.717, 1.165) is 28.5 Å². The van der Waals surface area contributed by atoms with Gasteiger partial charge in [0.05, 0.1) is 24.1 Å². The van der Waals surface area contributed by atoms with Crippen LogP contribution in [0.1, 0.15) is 17.4 Å². The summed E-state index contributed by atoms with van der Waals surface area (Å²) < 4.78 is 18.1. The number of benzene rings is 1. The van der Waals surface area contributed by atoms with Crippen LogP contribution in [-0.2, 0) is 5.75 Å². The molecule has 0 fully saturated rings. The van der Waals surface area contributed by atoms with E-state index in [2.05, 4.69) is 25.7 Å². The van der Waals surface area contributed by atoms with Crippen molar-refractivity contribution in [3.8, 4) is 22.9 Å². The molecule has 10 heteroatoms. The zero-order chi connectivity index (χ0) is 18.8. The molecule has 0 spiro atoms. The summed E-state index contributed by atoms with van der Waals surface area (Å²) in [6.07, 6.45) is 0. The van der Waals surface area contributed by atoms with Gasteiger partial charge in [-0.1, -0.05) is 11.8 Å². The molecule has 0 N–H and O–H groups in total. The third kappa shape index (κ3) is 3.56. The predicted molar refractivity (Wildman–Crippen MR) is 96.7 cm³/mol. The van der Waals surface area contributed by atoms with Gasteiger partial charge in [0.15, 0.2) is 0 Å². The smallest absolute Gasteiger partial charge is 0.251 e. The van der Waals surface area contributed by atoms with Crippen LogP contribution in [0.2, 0.25) is 0 Å². The van der Waals surface area contributed by atoms with Crippen molar-refractivity contribution in [2.24, 2.45) is 0 Å². The van der Waals surface area contributed by atoms with Gasteiger partial charge in [-0.2, -0.15) is 4.68 Å². The van der Waals surface area contributed by atoms with E-state index in [0.29, 0.717) is 22.7 Å². The lowest BCUT2D eigenvalue weighted by Gasteiger charge is -2.04. The van der Waals surface area contributed by atoms with Crippen molar-refractivity contribution in [1.29, 1.82) is 0 Å². The Morgan fingerprint density at radius 2 is 1.89 bits per heavy atom. The summed E-state index contributed by atoms with van der Waals surface area (Å²) in [7, 11) is 1.62. The van der Waals surface area contributed by atoms with Crippen molar-refractivity contribution in [2.75, 3.05) is 7.11 Å². The van der Waals surface area contributed by atoms with E-state index in [4.69, 9.17) is 13.6 Å². The number of thioether (sulfide) groups is 1. The van der Waals surface area contributed by atoms with Crippen LogP contribution in [0.3, 0.4) is 0 Å². The Kier molecular flexibility index (Phi) is 4.63. The molecule has 0 aliphatic carbocycles. The second-order valence-electron chi connectivity index (χ2n) is 5.69. The molecule has 3 aromatic heterocycles. The van der Waals surface area contributed by atoms with Crippen LogP contribution in [0.25, 0.3) is 17.1 Å². The Bertz CT molecular complexity index is 1050. The highest BCUT2D eigenvalue weighted by Gasteiger charge is 2.16. The Hall–Kier alpha value is -3.14. The van der Waals surface area contributed by atoms with E-state index < -0.39 is 0 Å². The molecule has 0 saturated carbocycles. The summed E-state index contributed by atoms with van der Waals surface area (Å²) in [5.74, 6) is 3.69. The van der Waals surface area contributed by atoms with Crippen molar-refractivity contribution in [1.82, 2.24) is 30.4 Å². The first-order valence-electron chi connectivity index (χ1n) is 8.09. The molecule has 0 unspecified atom stereocenters. The minimum atomic E-state index is 0.440. The molecule has 4 aromatic rings. The maximum absolute atomic E-state index is 5.74. The van der Waals surface area contributed by atoms with Gasteiger partial charge in [0, 0.05) is 0 Å². The van der Waals surface area contributed by atoms with E-state index in [-0.39, 0.29) is 0 Å². The van der Waals surface area contributed by atoms with E-state index in [9.17, 15) is 0 Å². The van der Waals surface area contributed by atoms with Gasteiger partial charge in [0.25, 0.3) is 5.89 Å². The van der Waals surface area contributed by atoms with Gasteiger partial charge >= 0.3 is 0 Å². The third-order valence-corrected chi connectivity index (χ3v) is 4.72. The molecule has 27 heavy (non-hydrogen) atoms. The van der Waals surface area contributed by atoms with Crippen LogP contribution in [0.15, 0.2) is 44.3 Å². The third-order valence-electron chi connectivity index (χ3n) is 3.82. The standard InChI is InChI=1S/C17H16N6O3S/c1-10-8-14(11(2)25-10)16-19-18-15(26-16)9-27-17-20-21-22-23(17)12-4-6-13(24-3)7-5-12/h4-8H,9H2,1-3H3. The van der Waals surface area contributed by atoms with Crippen molar-refractivity contribution in [3.05, 3.63) is 47.7 Å². The molecule has 0 bridgehead atoms. The summed E-state index contributed by atoms with van der Waals surface area (Å²) in [5, 5.41) is 20.7. The van der Waals surface area contributed by atoms with Gasteiger partial charge < -0.3 is 13.6 Å². The fraction of sp³-hybridized carbons (Fsp3) is 0.235. The lowest BCUT2D eigenvalue weighted by atomic mass is 10.2. The highest BCUT2D eigenvalue weighted by Crippen LogP contribution is 2.28. The lowest BCUT2D eigenvalue weighted by molar-refractivity contribution is 0.414. The predicted octanol–water partition coefficient (Wildman–Crippen LogP) is 3.22. The van der Waals surface area contributed by atoms with Crippen LogP contribution in [-0.4, -0.2) is 37.5 Å². The summed E-state index contributed by atoms with van der Waals surface area (Å²) in [6.45, 7) is 3.74. The Morgan fingerprint density at radius 1 is 1.07 bits per heavy atom. The maximum atomic E-state index is 5.74. The molecule has 138 valence electrons. The summed E-state index contributed by atoms with van der Waals surface area (Å²) in [4.78, 5) is 0. The molecule has 0 radical (unpaired) electrons. The maximum Gasteiger partial charge on any atom is 0.251 e. The van der Waals surface area contributed by atoms with Crippen LogP contribution in [0.5, 0.6) is 5.75 Å². The van der Waals surface area contributed by atoms with E-state index >= 15 is 0 Å². The van der Waals surface area contributed by atoms with Gasteiger partial charge in [-0.05, 0) is 54.6 Å². The molecule has 0 atom stereocenters. The van der Waals surface area contributed by atoms with E-state index in [1.807, 2.05) is 44.2 Å². The fourth-order valence-electron chi connectivity index (χ4n) is 2.54. The Labute approximate surface area is 158 Å². The molecular formula is C17H16N6O3S. The zero-order valence-electron chi connectivity index (χ0n) is 14.9. The minimum absolute atomic E-state index is 0.440. The van der Waals surface area contributed by atoms with Gasteiger partial charge in [-0.15, -0.1) is 15.3 Å². The van der Waals surface area contributed by atoms with Crippen LogP contribution in [0, 0.1) is 13.8 Å². The number of methoxy groups -OCH3 is 1. The number of aryl methyl sites for hydroxylation is 2. The quantitative estimate of drug-likeness (QED) is 0.463. The van der Waals surface area contributed by atoms with Gasteiger partial charge in [0.1, 0.15) is 17.3 Å². The molecule has 1 aromatic carbocycles. The molecule has 3 heterocycles. The first kappa shape index (κ1) is 17.3. The monoisotopic (exact) mass is 384 g/mol. The second-order valence-corrected chi connectivity index (χ2v) is 6.63. The highest BCUT2D eigenvalue weighted by atomic mass is 32.2. The number of tetrazole rings is 1. The average Bonchev–Trinajstić information content (AvgIpc) is 3.39. The largest absolute Gasteiger partial charge is 0.497 e. The van der Waals surface area contributed by atoms with Crippen molar-refractivity contribution in [2.45, 2.75) is 24.8 Å². The molecular weight excluding hydrogens is 368 g/mol. The SMILES string of the molecule is COc1ccc(-n2nnnc2SCc2nnc(-c3cc(C)oc3C)o2)cc1. The second kappa shape index (κ2) is 7.23. The zero-order valence-corrected chi connectivity index (χ0v) is 15.7. The number of nitrogens with zero attached hydrogens (tertiary/aromatic N) is 6. The number of aromatic nitrogens is 6. The molecule has 0 aliphatic heterocycles. The fourth-order valence-corrected chi connectivity index (χ4v) is 3.27. The summed E-state index contributed by atoms with van der Waals surface area (Å²) in [6, 6.07) is 9.35. The molecule has 0 saturated heterocycles. The normalized spacial score (nSPS) is 11.1.